The lowest BCUT2D eigenvalue weighted by atomic mass is 10.1. The summed E-state index contributed by atoms with van der Waals surface area (Å²) in [5.41, 5.74) is 6.82. The van der Waals surface area contributed by atoms with E-state index >= 15 is 0 Å². The number of amides is 1. The van der Waals surface area contributed by atoms with Gasteiger partial charge in [0.15, 0.2) is 6.61 Å². The number of hydrogen-bond acceptors (Lipinski definition) is 3. The van der Waals surface area contributed by atoms with E-state index in [0.29, 0.717) is 11.8 Å². The summed E-state index contributed by atoms with van der Waals surface area (Å²) in [4.78, 5) is 14.0. The molecule has 1 atom stereocenters. The molecule has 0 aromatic heterocycles. The van der Waals surface area contributed by atoms with Crippen molar-refractivity contribution < 1.29 is 9.53 Å². The number of hydrogen-bond donors (Lipinski definition) is 1. The van der Waals surface area contributed by atoms with E-state index in [1.54, 1.807) is 0 Å². The third-order valence-corrected chi connectivity index (χ3v) is 3.41. The van der Waals surface area contributed by atoms with Crippen LogP contribution in [0.1, 0.15) is 38.3 Å². The van der Waals surface area contributed by atoms with Crippen LogP contribution in [-0.2, 0) is 4.79 Å². The number of nitrogens with two attached hydrogens (primary N) is 1. The zero-order chi connectivity index (χ0) is 13.8. The summed E-state index contributed by atoms with van der Waals surface area (Å²) in [6.45, 7) is 4.76. The van der Waals surface area contributed by atoms with Crippen molar-refractivity contribution in [3.8, 4) is 5.75 Å². The predicted molar refractivity (Wildman–Crippen MR) is 74.9 cm³/mol. The fourth-order valence-electron chi connectivity index (χ4n) is 2.23. The molecule has 19 heavy (non-hydrogen) atoms. The Hall–Kier alpha value is -1.55. The first-order valence-corrected chi connectivity index (χ1v) is 6.90. The molecule has 1 saturated carbocycles. The highest BCUT2D eigenvalue weighted by Crippen LogP contribution is 2.27. The quantitative estimate of drug-likeness (QED) is 0.854. The molecule has 0 unspecified atom stereocenters. The Bertz CT molecular complexity index is 442. The van der Waals surface area contributed by atoms with Gasteiger partial charge in [0.25, 0.3) is 5.91 Å². The topological polar surface area (TPSA) is 55.6 Å². The number of likely N-dealkylation sites (N-methyl/N-ethyl adjacent to an activating group) is 1. The van der Waals surface area contributed by atoms with E-state index in [4.69, 9.17) is 10.5 Å². The highest BCUT2D eigenvalue weighted by Gasteiger charge is 2.31. The van der Waals surface area contributed by atoms with Crippen LogP contribution in [0, 0.1) is 0 Å². The number of rotatable bonds is 6. The van der Waals surface area contributed by atoms with Gasteiger partial charge in [-0.15, -0.1) is 0 Å². The Morgan fingerprint density at radius 1 is 1.47 bits per heavy atom. The fraction of sp³-hybridized carbons (Fsp3) is 0.533. The highest BCUT2D eigenvalue weighted by molar-refractivity contribution is 5.78. The summed E-state index contributed by atoms with van der Waals surface area (Å²) >= 11 is 0. The molecule has 2 rings (SSSR count). The van der Waals surface area contributed by atoms with E-state index in [1.165, 1.54) is 0 Å². The largest absolute Gasteiger partial charge is 0.483 e. The van der Waals surface area contributed by atoms with E-state index in [-0.39, 0.29) is 18.6 Å². The zero-order valence-corrected chi connectivity index (χ0v) is 11.6. The van der Waals surface area contributed by atoms with E-state index in [0.717, 1.165) is 24.9 Å². The lowest BCUT2D eigenvalue weighted by Gasteiger charge is -2.21. The molecule has 0 bridgehead atoms. The van der Waals surface area contributed by atoms with E-state index in [2.05, 4.69) is 0 Å². The first-order chi connectivity index (χ1) is 9.13. The van der Waals surface area contributed by atoms with Gasteiger partial charge in [-0.2, -0.15) is 0 Å². The third kappa shape index (κ3) is 3.47. The van der Waals surface area contributed by atoms with Crippen LogP contribution in [0.4, 0.5) is 0 Å². The van der Waals surface area contributed by atoms with Crippen LogP contribution in [0.5, 0.6) is 5.75 Å². The second-order valence-electron chi connectivity index (χ2n) is 5.03. The number of benzene rings is 1. The van der Waals surface area contributed by atoms with Gasteiger partial charge in [-0.3, -0.25) is 4.79 Å². The number of nitrogens with zero attached hydrogens (tertiary/aromatic N) is 1. The van der Waals surface area contributed by atoms with Crippen molar-refractivity contribution in [2.45, 2.75) is 38.8 Å². The molecule has 0 aliphatic heterocycles. The smallest absolute Gasteiger partial charge is 0.260 e. The predicted octanol–water partition coefficient (Wildman–Crippen LogP) is 2.10. The van der Waals surface area contributed by atoms with Crippen LogP contribution >= 0.6 is 0 Å². The lowest BCUT2D eigenvalue weighted by molar-refractivity contribution is -0.133. The molecule has 2 N–H and O–H groups in total. The van der Waals surface area contributed by atoms with Crippen molar-refractivity contribution in [2.75, 3.05) is 13.2 Å². The molecule has 4 heteroatoms. The lowest BCUT2D eigenvalue weighted by Crippen LogP contribution is -2.36. The van der Waals surface area contributed by atoms with Gasteiger partial charge >= 0.3 is 0 Å². The van der Waals surface area contributed by atoms with Crippen LogP contribution in [0.3, 0.4) is 0 Å². The van der Waals surface area contributed by atoms with Crippen LogP contribution < -0.4 is 10.5 Å². The van der Waals surface area contributed by atoms with Gasteiger partial charge in [-0.05, 0) is 32.8 Å². The third-order valence-electron chi connectivity index (χ3n) is 3.41. The van der Waals surface area contributed by atoms with Gasteiger partial charge in [-0.25, -0.2) is 0 Å². The summed E-state index contributed by atoms with van der Waals surface area (Å²) in [7, 11) is 0. The van der Waals surface area contributed by atoms with Crippen LogP contribution in [0.25, 0.3) is 0 Å². The number of ether oxygens (including phenoxy) is 1. The molecule has 0 radical (unpaired) electrons. The SMILES string of the molecule is CCN(C(=O)COc1ccccc1[C@H](C)N)C1CC1. The van der Waals surface area contributed by atoms with Gasteiger partial charge in [0.2, 0.25) is 0 Å². The van der Waals surface area contributed by atoms with Crippen LogP contribution in [-0.4, -0.2) is 30.0 Å². The van der Waals surface area contributed by atoms with Gasteiger partial charge in [0, 0.05) is 24.2 Å². The minimum absolute atomic E-state index is 0.0597. The molecule has 1 aliphatic carbocycles. The average Bonchev–Trinajstić information content (AvgIpc) is 3.22. The summed E-state index contributed by atoms with van der Waals surface area (Å²) in [5, 5.41) is 0. The molecule has 1 aromatic rings. The molecule has 1 aliphatic rings. The number of carbonyl (C=O) groups is 1. The van der Waals surface area contributed by atoms with Gasteiger partial charge in [0.05, 0.1) is 0 Å². The van der Waals surface area contributed by atoms with Crippen molar-refractivity contribution >= 4 is 5.91 Å². The van der Waals surface area contributed by atoms with E-state index in [1.807, 2.05) is 43.0 Å². The van der Waals surface area contributed by atoms with Crippen LogP contribution in [0.2, 0.25) is 0 Å². The van der Waals surface area contributed by atoms with E-state index < -0.39 is 0 Å². The van der Waals surface area contributed by atoms with Gasteiger partial charge in [-0.1, -0.05) is 18.2 Å². The Balaban J connectivity index is 1.96. The molecule has 0 spiro atoms. The van der Waals surface area contributed by atoms with E-state index in [9.17, 15) is 4.79 Å². The maximum atomic E-state index is 12.1. The molecule has 0 saturated heterocycles. The first kappa shape index (κ1) is 13.9. The van der Waals surface area contributed by atoms with Crippen molar-refractivity contribution in [2.24, 2.45) is 5.73 Å². The Labute approximate surface area is 114 Å². The van der Waals surface area contributed by atoms with Crippen molar-refractivity contribution in [1.29, 1.82) is 0 Å². The van der Waals surface area contributed by atoms with Crippen LogP contribution in [0.15, 0.2) is 24.3 Å². The van der Waals surface area contributed by atoms with Crippen molar-refractivity contribution in [3.05, 3.63) is 29.8 Å². The average molecular weight is 262 g/mol. The zero-order valence-electron chi connectivity index (χ0n) is 11.6. The Morgan fingerprint density at radius 2 is 2.16 bits per heavy atom. The standard InChI is InChI=1S/C15H22N2O2/c1-3-17(12-8-9-12)15(18)10-19-14-7-5-4-6-13(14)11(2)16/h4-7,11-12H,3,8-10,16H2,1-2H3/t11-/m0/s1. The number of carbonyl (C=O) groups excluding carboxylic acids is 1. The maximum Gasteiger partial charge on any atom is 0.260 e. The minimum atomic E-state index is -0.1000. The summed E-state index contributed by atoms with van der Waals surface area (Å²) < 4.78 is 5.65. The minimum Gasteiger partial charge on any atom is -0.483 e. The summed E-state index contributed by atoms with van der Waals surface area (Å²) in [6, 6.07) is 7.95. The molecule has 0 heterocycles. The molecule has 1 amide bonds. The Morgan fingerprint density at radius 3 is 2.74 bits per heavy atom. The molecular formula is C15H22N2O2. The van der Waals surface area contributed by atoms with Gasteiger partial charge < -0.3 is 15.4 Å². The first-order valence-electron chi connectivity index (χ1n) is 6.90. The fourth-order valence-corrected chi connectivity index (χ4v) is 2.23. The molecule has 104 valence electrons. The summed E-state index contributed by atoms with van der Waals surface area (Å²) in [6.07, 6.45) is 2.24. The number of para-hydroxylation sites is 1. The van der Waals surface area contributed by atoms with Gasteiger partial charge in [0.1, 0.15) is 5.75 Å². The van der Waals surface area contributed by atoms with Crippen molar-refractivity contribution in [1.82, 2.24) is 4.90 Å². The maximum absolute atomic E-state index is 12.1. The molecule has 1 aromatic carbocycles. The highest BCUT2D eigenvalue weighted by atomic mass is 16.5. The monoisotopic (exact) mass is 262 g/mol. The molecular weight excluding hydrogens is 240 g/mol. The Kier molecular flexibility index (Phi) is 4.43. The molecule has 4 nitrogen and oxygen atoms in total. The summed E-state index contributed by atoms with van der Waals surface area (Å²) in [5.74, 6) is 0.766. The normalized spacial score (nSPS) is 15.9. The second-order valence-corrected chi connectivity index (χ2v) is 5.03. The molecule has 1 fully saturated rings. The second kappa shape index (κ2) is 6.06. The van der Waals surface area contributed by atoms with Crippen molar-refractivity contribution in [3.63, 3.8) is 0 Å².